The average molecular weight is 288 g/mol. The second-order valence-corrected chi connectivity index (χ2v) is 5.81. The number of carbonyl (C=O) groups is 2. The molecule has 98 valence electrons. The smallest absolute Gasteiger partial charge is 0.222 e. The number of rotatable bonds is 3. The number of anilines is 1. The third-order valence-electron chi connectivity index (χ3n) is 3.24. The van der Waals surface area contributed by atoms with Crippen LogP contribution in [0.5, 0.6) is 0 Å². The Morgan fingerprint density at radius 1 is 1.61 bits per heavy atom. The SMILES string of the molecule is CC1CCC(C(N)=O)CN1c1nc(Cl)c(C=O)s1. The van der Waals surface area contributed by atoms with E-state index in [0.29, 0.717) is 22.8 Å². The lowest BCUT2D eigenvalue weighted by molar-refractivity contribution is -0.122. The zero-order valence-electron chi connectivity index (χ0n) is 9.93. The van der Waals surface area contributed by atoms with Crippen molar-refractivity contribution in [3.63, 3.8) is 0 Å². The Balaban J connectivity index is 2.23. The molecule has 2 heterocycles. The van der Waals surface area contributed by atoms with Crippen molar-refractivity contribution in [3.05, 3.63) is 10.0 Å². The van der Waals surface area contributed by atoms with Crippen LogP contribution in [-0.2, 0) is 4.79 Å². The maximum absolute atomic E-state index is 11.3. The molecule has 1 amide bonds. The summed E-state index contributed by atoms with van der Waals surface area (Å²) in [5, 5.41) is 0.902. The van der Waals surface area contributed by atoms with E-state index in [1.165, 1.54) is 11.3 Å². The molecule has 2 atom stereocenters. The zero-order valence-corrected chi connectivity index (χ0v) is 11.5. The van der Waals surface area contributed by atoms with E-state index in [9.17, 15) is 9.59 Å². The van der Waals surface area contributed by atoms with Crippen LogP contribution in [0.2, 0.25) is 5.15 Å². The molecule has 2 N–H and O–H groups in total. The molecule has 1 aromatic heterocycles. The molecule has 1 aromatic rings. The lowest BCUT2D eigenvalue weighted by atomic mass is 9.93. The number of hydrogen-bond donors (Lipinski definition) is 1. The van der Waals surface area contributed by atoms with E-state index in [4.69, 9.17) is 17.3 Å². The fourth-order valence-electron chi connectivity index (χ4n) is 2.10. The van der Waals surface area contributed by atoms with Gasteiger partial charge in [-0.1, -0.05) is 22.9 Å². The lowest BCUT2D eigenvalue weighted by Gasteiger charge is -2.36. The van der Waals surface area contributed by atoms with Crippen LogP contribution in [0.25, 0.3) is 0 Å². The normalized spacial score (nSPS) is 24.0. The fourth-order valence-corrected chi connectivity index (χ4v) is 3.28. The summed E-state index contributed by atoms with van der Waals surface area (Å²) < 4.78 is 0. The van der Waals surface area contributed by atoms with Crippen LogP contribution in [0.1, 0.15) is 29.4 Å². The van der Waals surface area contributed by atoms with Crippen molar-refractivity contribution in [1.82, 2.24) is 4.98 Å². The first kappa shape index (κ1) is 13.3. The van der Waals surface area contributed by atoms with Crippen LogP contribution in [0.15, 0.2) is 0 Å². The molecule has 2 rings (SSSR count). The van der Waals surface area contributed by atoms with Crippen molar-refractivity contribution in [3.8, 4) is 0 Å². The highest BCUT2D eigenvalue weighted by atomic mass is 35.5. The van der Waals surface area contributed by atoms with Gasteiger partial charge in [0.05, 0.1) is 5.92 Å². The van der Waals surface area contributed by atoms with Gasteiger partial charge in [0, 0.05) is 12.6 Å². The molecule has 0 radical (unpaired) electrons. The summed E-state index contributed by atoms with van der Waals surface area (Å²) in [5.74, 6) is -0.450. The molecule has 0 bridgehead atoms. The van der Waals surface area contributed by atoms with E-state index >= 15 is 0 Å². The first-order valence-corrected chi connectivity index (χ1v) is 6.89. The summed E-state index contributed by atoms with van der Waals surface area (Å²) >= 11 is 7.11. The molecule has 1 saturated heterocycles. The molecule has 1 aliphatic heterocycles. The van der Waals surface area contributed by atoms with Gasteiger partial charge in [0.25, 0.3) is 0 Å². The van der Waals surface area contributed by atoms with Gasteiger partial charge in [0.2, 0.25) is 5.91 Å². The number of amides is 1. The molecular weight excluding hydrogens is 274 g/mol. The average Bonchev–Trinajstić information content (AvgIpc) is 2.70. The Morgan fingerprint density at radius 3 is 2.89 bits per heavy atom. The summed E-state index contributed by atoms with van der Waals surface area (Å²) in [6.45, 7) is 2.60. The van der Waals surface area contributed by atoms with Crippen molar-refractivity contribution >= 4 is 40.3 Å². The number of primary amides is 1. The topological polar surface area (TPSA) is 76.3 Å². The molecule has 0 aliphatic carbocycles. The van der Waals surface area contributed by atoms with E-state index in [1.54, 1.807) is 0 Å². The minimum Gasteiger partial charge on any atom is -0.369 e. The Kier molecular flexibility index (Phi) is 3.87. The molecule has 5 nitrogen and oxygen atoms in total. The second kappa shape index (κ2) is 5.24. The van der Waals surface area contributed by atoms with Crippen molar-refractivity contribution in [2.45, 2.75) is 25.8 Å². The van der Waals surface area contributed by atoms with Gasteiger partial charge in [0.15, 0.2) is 16.6 Å². The first-order chi connectivity index (χ1) is 8.52. The lowest BCUT2D eigenvalue weighted by Crippen LogP contribution is -2.45. The quantitative estimate of drug-likeness (QED) is 0.859. The Labute approximate surface area is 114 Å². The predicted octanol–water partition coefficient (Wildman–Crippen LogP) is 1.70. The third kappa shape index (κ3) is 2.49. The molecule has 18 heavy (non-hydrogen) atoms. The van der Waals surface area contributed by atoms with Crippen molar-refractivity contribution < 1.29 is 9.59 Å². The standard InChI is InChI=1S/C11H14ClN3O2S/c1-6-2-3-7(10(13)17)4-15(6)11-14-9(12)8(5-16)18-11/h5-7H,2-4H2,1H3,(H2,13,17). The molecular formula is C11H14ClN3O2S. The summed E-state index contributed by atoms with van der Waals surface area (Å²) in [6.07, 6.45) is 2.37. The van der Waals surface area contributed by atoms with Gasteiger partial charge in [-0.2, -0.15) is 0 Å². The molecule has 1 aliphatic rings. The van der Waals surface area contributed by atoms with Crippen LogP contribution in [0.4, 0.5) is 5.13 Å². The van der Waals surface area contributed by atoms with E-state index in [1.807, 2.05) is 4.90 Å². The summed E-state index contributed by atoms with van der Waals surface area (Å²) in [4.78, 5) is 28.6. The van der Waals surface area contributed by atoms with Crippen LogP contribution < -0.4 is 10.6 Å². The maximum Gasteiger partial charge on any atom is 0.222 e. The van der Waals surface area contributed by atoms with Crippen molar-refractivity contribution in [1.29, 1.82) is 0 Å². The van der Waals surface area contributed by atoms with Gasteiger partial charge in [-0.15, -0.1) is 0 Å². The molecule has 7 heteroatoms. The van der Waals surface area contributed by atoms with Crippen molar-refractivity contribution in [2.24, 2.45) is 11.7 Å². The van der Waals surface area contributed by atoms with E-state index in [0.717, 1.165) is 12.8 Å². The molecule has 0 aromatic carbocycles. The number of thiazole rings is 1. The Hall–Kier alpha value is -1.14. The number of piperidine rings is 1. The van der Waals surface area contributed by atoms with Crippen LogP contribution >= 0.6 is 22.9 Å². The number of carbonyl (C=O) groups excluding carboxylic acids is 2. The Bertz CT molecular complexity index is 477. The van der Waals surface area contributed by atoms with Crippen LogP contribution in [0.3, 0.4) is 0 Å². The minimum atomic E-state index is -0.287. The number of halogens is 1. The van der Waals surface area contributed by atoms with Gasteiger partial charge in [0.1, 0.15) is 4.88 Å². The van der Waals surface area contributed by atoms with Gasteiger partial charge in [-0.3, -0.25) is 9.59 Å². The zero-order chi connectivity index (χ0) is 13.3. The molecule has 1 fully saturated rings. The number of aldehydes is 1. The molecule has 2 unspecified atom stereocenters. The monoisotopic (exact) mass is 287 g/mol. The second-order valence-electron chi connectivity index (χ2n) is 4.45. The van der Waals surface area contributed by atoms with Crippen LogP contribution in [0, 0.1) is 5.92 Å². The number of hydrogen-bond acceptors (Lipinski definition) is 5. The van der Waals surface area contributed by atoms with Gasteiger partial charge >= 0.3 is 0 Å². The maximum atomic E-state index is 11.3. The highest BCUT2D eigenvalue weighted by Crippen LogP contribution is 2.33. The molecule has 0 saturated carbocycles. The van der Waals surface area contributed by atoms with E-state index in [2.05, 4.69) is 11.9 Å². The van der Waals surface area contributed by atoms with Crippen LogP contribution in [-0.4, -0.2) is 29.8 Å². The minimum absolute atomic E-state index is 0.163. The van der Waals surface area contributed by atoms with E-state index in [-0.39, 0.29) is 23.0 Å². The highest BCUT2D eigenvalue weighted by molar-refractivity contribution is 7.17. The summed E-state index contributed by atoms with van der Waals surface area (Å²) in [5.41, 5.74) is 5.35. The Morgan fingerprint density at radius 2 is 2.33 bits per heavy atom. The summed E-state index contributed by atoms with van der Waals surface area (Å²) in [7, 11) is 0. The third-order valence-corrected chi connectivity index (χ3v) is 4.65. The first-order valence-electron chi connectivity index (χ1n) is 5.70. The largest absolute Gasteiger partial charge is 0.369 e. The van der Waals surface area contributed by atoms with Crippen molar-refractivity contribution in [2.75, 3.05) is 11.4 Å². The number of aromatic nitrogens is 1. The summed E-state index contributed by atoms with van der Waals surface area (Å²) in [6, 6.07) is 0.266. The number of nitrogens with zero attached hydrogens (tertiary/aromatic N) is 2. The molecule has 0 spiro atoms. The predicted molar refractivity (Wildman–Crippen MR) is 71.2 cm³/mol. The highest BCUT2D eigenvalue weighted by Gasteiger charge is 2.30. The number of nitrogens with two attached hydrogens (primary N) is 1. The van der Waals surface area contributed by atoms with Gasteiger partial charge in [-0.05, 0) is 19.8 Å². The van der Waals surface area contributed by atoms with Gasteiger partial charge < -0.3 is 10.6 Å². The fraction of sp³-hybridized carbons (Fsp3) is 0.545. The van der Waals surface area contributed by atoms with Gasteiger partial charge in [-0.25, -0.2) is 4.98 Å². The van der Waals surface area contributed by atoms with E-state index < -0.39 is 0 Å².